The Morgan fingerprint density at radius 2 is 1.55 bits per heavy atom. The molecule has 3 saturated heterocycles. The van der Waals surface area contributed by atoms with E-state index in [1.165, 1.54) is 13.8 Å². The van der Waals surface area contributed by atoms with Crippen molar-refractivity contribution < 1.29 is 47.5 Å². The number of hydrogen-bond acceptors (Lipinski definition) is 10. The van der Waals surface area contributed by atoms with Gasteiger partial charge in [0.1, 0.15) is 24.4 Å². The average Bonchev–Trinajstić information content (AvgIpc) is 3.17. The van der Waals surface area contributed by atoms with Crippen molar-refractivity contribution >= 4 is 11.9 Å². The van der Waals surface area contributed by atoms with Gasteiger partial charge in [-0.25, -0.2) is 0 Å². The molecule has 11 nitrogen and oxygen atoms in total. The van der Waals surface area contributed by atoms with Crippen molar-refractivity contribution in [3.63, 3.8) is 0 Å². The van der Waals surface area contributed by atoms with E-state index in [2.05, 4.69) is 5.32 Å². The predicted octanol–water partition coefficient (Wildman–Crippen LogP) is 2.05. The van der Waals surface area contributed by atoms with Crippen LogP contribution in [0.3, 0.4) is 0 Å². The predicted molar refractivity (Wildman–Crippen MR) is 133 cm³/mol. The molecule has 3 heterocycles. The molecule has 212 valence electrons. The molecule has 3 aliphatic heterocycles. The Hall–Kier alpha value is -2.12. The van der Waals surface area contributed by atoms with Crippen LogP contribution in [-0.2, 0) is 54.1 Å². The first-order valence-corrected chi connectivity index (χ1v) is 12.9. The fraction of sp³-hybridized carbons (Fsp3) is 0.704. The third kappa shape index (κ3) is 6.53. The fourth-order valence-electron chi connectivity index (χ4n) is 5.28. The number of esters is 1. The minimum absolute atomic E-state index is 0.215. The highest BCUT2D eigenvalue weighted by Gasteiger charge is 2.57. The van der Waals surface area contributed by atoms with E-state index in [1.54, 1.807) is 14.0 Å². The average molecular weight is 538 g/mol. The maximum atomic E-state index is 12.2. The van der Waals surface area contributed by atoms with Crippen molar-refractivity contribution in [3.8, 4) is 0 Å². The summed E-state index contributed by atoms with van der Waals surface area (Å²) in [6.45, 7) is 10.2. The number of amides is 1. The summed E-state index contributed by atoms with van der Waals surface area (Å²) in [5.74, 6) is -1.67. The van der Waals surface area contributed by atoms with Crippen molar-refractivity contribution in [3.05, 3.63) is 35.9 Å². The van der Waals surface area contributed by atoms with Gasteiger partial charge in [0.15, 0.2) is 24.5 Å². The van der Waals surface area contributed by atoms with Crippen LogP contribution in [0.15, 0.2) is 30.3 Å². The van der Waals surface area contributed by atoms with Crippen molar-refractivity contribution in [2.75, 3.05) is 7.11 Å². The Kier molecular flexibility index (Phi) is 9.08. The van der Waals surface area contributed by atoms with Gasteiger partial charge in [-0.2, -0.15) is 0 Å². The topological polar surface area (TPSA) is 120 Å². The van der Waals surface area contributed by atoms with Gasteiger partial charge in [0.25, 0.3) is 0 Å². The largest absolute Gasteiger partial charge is 0.457 e. The minimum Gasteiger partial charge on any atom is -0.457 e. The molecule has 0 aromatic heterocycles. The van der Waals surface area contributed by atoms with E-state index in [9.17, 15) is 9.59 Å². The molecule has 4 rings (SSSR count). The van der Waals surface area contributed by atoms with E-state index in [4.69, 9.17) is 37.9 Å². The van der Waals surface area contributed by atoms with Crippen LogP contribution in [-0.4, -0.2) is 86.1 Å². The van der Waals surface area contributed by atoms with E-state index < -0.39 is 73.1 Å². The third-order valence-corrected chi connectivity index (χ3v) is 6.84. The molecule has 1 amide bonds. The zero-order valence-corrected chi connectivity index (χ0v) is 22.9. The number of hydrogen-bond donors (Lipinski definition) is 1. The zero-order valence-electron chi connectivity index (χ0n) is 22.9. The monoisotopic (exact) mass is 537 g/mol. The summed E-state index contributed by atoms with van der Waals surface area (Å²) in [5, 5.41) is 2.90. The van der Waals surface area contributed by atoms with Crippen LogP contribution in [0.1, 0.15) is 47.1 Å². The summed E-state index contributed by atoms with van der Waals surface area (Å²) >= 11 is 0. The molecule has 3 aliphatic rings. The van der Waals surface area contributed by atoms with Gasteiger partial charge in [0, 0.05) is 21.0 Å². The Labute approximate surface area is 223 Å². The molecule has 1 aromatic carbocycles. The van der Waals surface area contributed by atoms with E-state index >= 15 is 0 Å². The van der Waals surface area contributed by atoms with Crippen LogP contribution in [0.5, 0.6) is 0 Å². The zero-order chi connectivity index (χ0) is 27.6. The summed E-state index contributed by atoms with van der Waals surface area (Å²) in [6, 6.07) is 8.84. The molecule has 0 aliphatic carbocycles. The Balaban J connectivity index is 1.63. The SMILES string of the molecule is CO[C@@H]1O[C@@H](C)[C@H](O[C@H]2O[C@H](C)[C@H](OC(C)=O)[C@H](NC(C)=O)[C@H]2OCc2ccccc2)[C@H]2OC(C)(C)O[C@@H]12. The molecule has 0 saturated carbocycles. The van der Waals surface area contributed by atoms with Gasteiger partial charge < -0.3 is 43.2 Å². The molecule has 0 radical (unpaired) electrons. The molecule has 0 spiro atoms. The second-order valence-corrected chi connectivity index (χ2v) is 10.4. The normalized spacial score (nSPS) is 38.3. The quantitative estimate of drug-likeness (QED) is 0.494. The van der Waals surface area contributed by atoms with Crippen molar-refractivity contribution in [2.45, 2.75) is 115 Å². The Morgan fingerprint density at radius 3 is 2.18 bits per heavy atom. The van der Waals surface area contributed by atoms with Crippen LogP contribution < -0.4 is 5.32 Å². The van der Waals surface area contributed by atoms with E-state index in [1.807, 2.05) is 51.1 Å². The maximum absolute atomic E-state index is 12.2. The van der Waals surface area contributed by atoms with Crippen LogP contribution in [0, 0.1) is 0 Å². The number of benzene rings is 1. The first-order valence-electron chi connectivity index (χ1n) is 12.9. The van der Waals surface area contributed by atoms with E-state index in [0.717, 1.165) is 5.56 Å². The highest BCUT2D eigenvalue weighted by atomic mass is 16.8. The Morgan fingerprint density at radius 1 is 0.921 bits per heavy atom. The highest BCUT2D eigenvalue weighted by Crippen LogP contribution is 2.40. The van der Waals surface area contributed by atoms with Crippen LogP contribution >= 0.6 is 0 Å². The van der Waals surface area contributed by atoms with E-state index in [0.29, 0.717) is 0 Å². The number of ether oxygens (including phenoxy) is 8. The molecule has 10 atom stereocenters. The third-order valence-electron chi connectivity index (χ3n) is 6.84. The summed E-state index contributed by atoms with van der Waals surface area (Å²) < 4.78 is 48.6. The first kappa shape index (κ1) is 28.9. The standard InChI is InChI=1S/C27H39NO10/c1-14-20(35-17(4)30)19(28-16(3)29)22(32-13-18-11-9-8-10-12-18)26(34-14)36-21-15(2)33-25(31-7)24-23(21)37-27(5,6)38-24/h8-12,14-15,19-26H,13H2,1-7H3,(H,28,29)/t14-,15+,19+,20+,21+,22-,23-,24-,25-,26-/m1/s1. The van der Waals surface area contributed by atoms with Crippen molar-refractivity contribution in [1.82, 2.24) is 5.32 Å². The lowest BCUT2D eigenvalue weighted by molar-refractivity contribution is -0.335. The molecule has 0 bridgehead atoms. The van der Waals surface area contributed by atoms with Crippen LogP contribution in [0.2, 0.25) is 0 Å². The molecular formula is C27H39NO10. The maximum Gasteiger partial charge on any atom is 0.303 e. The van der Waals surface area contributed by atoms with Gasteiger partial charge in [-0.3, -0.25) is 9.59 Å². The number of rotatable bonds is 8. The smallest absolute Gasteiger partial charge is 0.303 e. The molecular weight excluding hydrogens is 498 g/mol. The lowest BCUT2D eigenvalue weighted by Gasteiger charge is -2.48. The summed E-state index contributed by atoms with van der Waals surface area (Å²) in [7, 11) is 1.55. The fourth-order valence-corrected chi connectivity index (χ4v) is 5.28. The number of carbonyl (C=O) groups is 2. The first-order chi connectivity index (χ1) is 18.0. The van der Waals surface area contributed by atoms with Gasteiger partial charge in [0.2, 0.25) is 5.91 Å². The van der Waals surface area contributed by atoms with E-state index in [-0.39, 0.29) is 12.5 Å². The number of nitrogens with one attached hydrogen (secondary N) is 1. The van der Waals surface area contributed by atoms with Gasteiger partial charge >= 0.3 is 5.97 Å². The van der Waals surface area contributed by atoms with Crippen molar-refractivity contribution in [2.24, 2.45) is 0 Å². The van der Waals surface area contributed by atoms with Crippen LogP contribution in [0.25, 0.3) is 0 Å². The number of carbonyl (C=O) groups excluding carboxylic acids is 2. The van der Waals surface area contributed by atoms with Gasteiger partial charge in [-0.15, -0.1) is 0 Å². The summed E-state index contributed by atoms with van der Waals surface area (Å²) in [4.78, 5) is 24.2. The molecule has 11 heteroatoms. The Bertz CT molecular complexity index is 958. The van der Waals surface area contributed by atoms with Gasteiger partial charge in [0.05, 0.1) is 24.9 Å². The lowest BCUT2D eigenvalue weighted by atomic mass is 9.95. The summed E-state index contributed by atoms with van der Waals surface area (Å²) in [6.07, 6.45) is -5.94. The minimum atomic E-state index is -0.958. The molecule has 38 heavy (non-hydrogen) atoms. The highest BCUT2D eigenvalue weighted by molar-refractivity contribution is 5.73. The number of methoxy groups -OCH3 is 1. The summed E-state index contributed by atoms with van der Waals surface area (Å²) in [5.41, 5.74) is 0.919. The molecule has 0 unspecified atom stereocenters. The van der Waals surface area contributed by atoms with Gasteiger partial charge in [-0.05, 0) is 33.3 Å². The lowest BCUT2D eigenvalue weighted by Crippen LogP contribution is -2.67. The number of fused-ring (bicyclic) bond motifs is 1. The molecule has 1 aromatic rings. The second kappa shape index (κ2) is 12.0. The molecule has 1 N–H and O–H groups in total. The second-order valence-electron chi connectivity index (χ2n) is 10.4. The van der Waals surface area contributed by atoms with Gasteiger partial charge in [-0.1, -0.05) is 30.3 Å². The van der Waals surface area contributed by atoms with Crippen molar-refractivity contribution in [1.29, 1.82) is 0 Å². The van der Waals surface area contributed by atoms with Crippen LogP contribution in [0.4, 0.5) is 0 Å². The molecule has 3 fully saturated rings.